The fraction of sp³-hybridized carbons (Fsp3) is 0.240. The summed E-state index contributed by atoms with van der Waals surface area (Å²) in [5, 5.41) is 2.00. The summed E-state index contributed by atoms with van der Waals surface area (Å²) in [6.45, 7) is 3.15. The Bertz CT molecular complexity index is 1310. The van der Waals surface area contributed by atoms with Gasteiger partial charge in [0, 0.05) is 66.8 Å². The number of benzene rings is 2. The van der Waals surface area contributed by atoms with E-state index in [1.165, 1.54) is 23.9 Å². The minimum Gasteiger partial charge on any atom is -0.451 e. The Morgan fingerprint density at radius 3 is 2.59 bits per heavy atom. The number of furan rings is 1. The molecule has 174 valence electrons. The third-order valence-electron chi connectivity index (χ3n) is 5.85. The van der Waals surface area contributed by atoms with Gasteiger partial charge in [0.25, 0.3) is 5.91 Å². The van der Waals surface area contributed by atoms with E-state index >= 15 is 0 Å². The molecule has 0 atom stereocenters. The molecule has 4 aromatic rings. The molecule has 1 aliphatic rings. The fourth-order valence-electron chi connectivity index (χ4n) is 4.06. The quantitative estimate of drug-likeness (QED) is 0.268. The molecule has 2 aromatic carbocycles. The molecule has 9 heteroatoms. The molecule has 1 fully saturated rings. The minimum absolute atomic E-state index is 0.111. The lowest BCUT2D eigenvalue weighted by Gasteiger charge is -2.34. The zero-order chi connectivity index (χ0) is 23.5. The number of thioether (sulfide) groups is 1. The van der Waals surface area contributed by atoms with Gasteiger partial charge in [-0.25, -0.2) is 14.4 Å². The van der Waals surface area contributed by atoms with Crippen molar-refractivity contribution in [3.05, 3.63) is 88.7 Å². The van der Waals surface area contributed by atoms with Crippen LogP contribution in [0.15, 0.2) is 70.5 Å². The van der Waals surface area contributed by atoms with Crippen molar-refractivity contribution >= 4 is 40.2 Å². The van der Waals surface area contributed by atoms with Gasteiger partial charge in [0.05, 0.1) is 0 Å². The molecule has 0 saturated carbocycles. The number of hydrogen-bond donors (Lipinski definition) is 0. The van der Waals surface area contributed by atoms with E-state index in [0.29, 0.717) is 60.0 Å². The zero-order valence-corrected chi connectivity index (χ0v) is 19.9. The van der Waals surface area contributed by atoms with Gasteiger partial charge in [-0.15, -0.1) is 0 Å². The largest absolute Gasteiger partial charge is 0.451 e. The molecule has 0 radical (unpaired) electrons. The van der Waals surface area contributed by atoms with Crippen LogP contribution in [0.5, 0.6) is 0 Å². The average Bonchev–Trinajstić information content (AvgIpc) is 3.24. The lowest BCUT2D eigenvalue weighted by molar-refractivity contribution is 0.0599. The van der Waals surface area contributed by atoms with Crippen LogP contribution in [-0.4, -0.2) is 51.9 Å². The van der Waals surface area contributed by atoms with Crippen molar-refractivity contribution in [3.8, 4) is 0 Å². The standard InChI is InChI=1S/C25H22ClFN4O2S/c26-21-14-18(27)7-6-17(21)15-30-10-12-31(13-11-30)24(32)23-20(16-34-25-28-8-3-9-29-25)19-4-1-2-5-22(19)33-23/h1-9,14H,10-13,15-16H2. The second-order valence-corrected chi connectivity index (χ2v) is 9.38. The predicted molar refractivity (Wildman–Crippen MR) is 130 cm³/mol. The van der Waals surface area contributed by atoms with Crippen molar-refractivity contribution < 1.29 is 13.6 Å². The summed E-state index contributed by atoms with van der Waals surface area (Å²) in [5.74, 6) is 0.452. The third kappa shape index (κ3) is 4.94. The smallest absolute Gasteiger partial charge is 0.290 e. The molecule has 0 aliphatic carbocycles. The van der Waals surface area contributed by atoms with Gasteiger partial charge in [-0.2, -0.15) is 0 Å². The molecule has 1 saturated heterocycles. The molecule has 5 rings (SSSR count). The van der Waals surface area contributed by atoms with E-state index in [1.54, 1.807) is 24.5 Å². The van der Waals surface area contributed by atoms with Gasteiger partial charge < -0.3 is 9.32 Å². The number of amides is 1. The summed E-state index contributed by atoms with van der Waals surface area (Å²) >= 11 is 7.66. The molecule has 0 bridgehead atoms. The van der Waals surface area contributed by atoms with Gasteiger partial charge in [0.2, 0.25) is 0 Å². The number of rotatable bonds is 6. The molecule has 34 heavy (non-hydrogen) atoms. The van der Waals surface area contributed by atoms with Crippen LogP contribution in [0.4, 0.5) is 4.39 Å². The SMILES string of the molecule is O=C(c1oc2ccccc2c1CSc1ncccn1)N1CCN(Cc2ccc(F)cc2Cl)CC1. The summed E-state index contributed by atoms with van der Waals surface area (Å²) in [6.07, 6.45) is 3.40. The first kappa shape index (κ1) is 22.8. The number of hydrogen-bond acceptors (Lipinski definition) is 6. The normalized spacial score (nSPS) is 14.6. The number of piperazine rings is 1. The molecule has 0 spiro atoms. The van der Waals surface area contributed by atoms with E-state index in [4.69, 9.17) is 16.0 Å². The van der Waals surface area contributed by atoms with E-state index in [-0.39, 0.29) is 11.7 Å². The Morgan fingerprint density at radius 2 is 1.82 bits per heavy atom. The van der Waals surface area contributed by atoms with Crippen LogP contribution in [0.1, 0.15) is 21.7 Å². The zero-order valence-electron chi connectivity index (χ0n) is 18.3. The van der Waals surface area contributed by atoms with Crippen molar-refractivity contribution in [3.63, 3.8) is 0 Å². The van der Waals surface area contributed by atoms with Crippen LogP contribution in [0.3, 0.4) is 0 Å². The summed E-state index contributed by atoms with van der Waals surface area (Å²) < 4.78 is 19.4. The summed E-state index contributed by atoms with van der Waals surface area (Å²) in [5.41, 5.74) is 2.43. The van der Waals surface area contributed by atoms with Crippen LogP contribution >= 0.6 is 23.4 Å². The molecular weight excluding hydrogens is 475 g/mol. The topological polar surface area (TPSA) is 62.5 Å². The summed E-state index contributed by atoms with van der Waals surface area (Å²) in [4.78, 5) is 26.0. The van der Waals surface area contributed by atoms with Crippen LogP contribution in [0.25, 0.3) is 11.0 Å². The highest BCUT2D eigenvalue weighted by Gasteiger charge is 2.28. The second-order valence-electron chi connectivity index (χ2n) is 8.03. The van der Waals surface area contributed by atoms with Gasteiger partial charge in [-0.3, -0.25) is 9.69 Å². The van der Waals surface area contributed by atoms with Gasteiger partial charge in [0.15, 0.2) is 10.9 Å². The fourth-order valence-corrected chi connectivity index (χ4v) is 5.11. The molecule has 6 nitrogen and oxygen atoms in total. The van der Waals surface area contributed by atoms with Gasteiger partial charge in [-0.1, -0.05) is 47.6 Å². The van der Waals surface area contributed by atoms with Crippen LogP contribution in [0, 0.1) is 5.82 Å². The lowest BCUT2D eigenvalue weighted by atomic mass is 10.1. The van der Waals surface area contributed by atoms with E-state index < -0.39 is 0 Å². The first-order chi connectivity index (χ1) is 16.6. The number of para-hydroxylation sites is 1. The van der Waals surface area contributed by atoms with Crippen molar-refractivity contribution in [1.29, 1.82) is 0 Å². The summed E-state index contributed by atoms with van der Waals surface area (Å²) in [6, 6.07) is 13.9. The Kier molecular flexibility index (Phi) is 6.80. The van der Waals surface area contributed by atoms with Gasteiger partial charge in [-0.05, 0) is 29.8 Å². The Labute approximate surface area is 205 Å². The number of halogens is 2. The number of carbonyl (C=O) groups is 1. The monoisotopic (exact) mass is 496 g/mol. The summed E-state index contributed by atoms with van der Waals surface area (Å²) in [7, 11) is 0. The lowest BCUT2D eigenvalue weighted by Crippen LogP contribution is -2.48. The molecule has 3 heterocycles. The number of aromatic nitrogens is 2. The molecular formula is C25H22ClFN4O2S. The molecule has 1 amide bonds. The highest BCUT2D eigenvalue weighted by atomic mass is 35.5. The molecule has 0 N–H and O–H groups in total. The van der Waals surface area contributed by atoms with E-state index in [1.807, 2.05) is 29.2 Å². The molecule has 0 unspecified atom stereocenters. The van der Waals surface area contributed by atoms with Gasteiger partial charge >= 0.3 is 0 Å². The Balaban J connectivity index is 1.30. The van der Waals surface area contributed by atoms with Crippen molar-refractivity contribution in [1.82, 2.24) is 19.8 Å². The first-order valence-corrected chi connectivity index (χ1v) is 12.3. The second kappa shape index (κ2) is 10.1. The first-order valence-electron chi connectivity index (χ1n) is 10.9. The van der Waals surface area contributed by atoms with Crippen LogP contribution in [-0.2, 0) is 12.3 Å². The van der Waals surface area contributed by atoms with E-state index in [9.17, 15) is 9.18 Å². The van der Waals surface area contributed by atoms with Crippen molar-refractivity contribution in [2.75, 3.05) is 26.2 Å². The molecule has 2 aromatic heterocycles. The average molecular weight is 497 g/mol. The van der Waals surface area contributed by atoms with Gasteiger partial charge in [0.1, 0.15) is 11.4 Å². The highest BCUT2D eigenvalue weighted by molar-refractivity contribution is 7.98. The maximum atomic E-state index is 13.5. The van der Waals surface area contributed by atoms with Crippen LogP contribution < -0.4 is 0 Å². The number of nitrogens with zero attached hydrogens (tertiary/aromatic N) is 4. The Morgan fingerprint density at radius 1 is 1.06 bits per heavy atom. The van der Waals surface area contributed by atoms with Crippen molar-refractivity contribution in [2.24, 2.45) is 0 Å². The number of carbonyl (C=O) groups excluding carboxylic acids is 1. The maximum Gasteiger partial charge on any atom is 0.290 e. The predicted octanol–water partition coefficient (Wildman–Crippen LogP) is 5.27. The number of fused-ring (bicyclic) bond motifs is 1. The third-order valence-corrected chi connectivity index (χ3v) is 7.10. The molecule has 1 aliphatic heterocycles. The Hall–Kier alpha value is -2.94. The highest BCUT2D eigenvalue weighted by Crippen LogP contribution is 2.32. The van der Waals surface area contributed by atoms with E-state index in [2.05, 4.69) is 14.9 Å². The minimum atomic E-state index is -0.345. The van der Waals surface area contributed by atoms with Crippen molar-refractivity contribution in [2.45, 2.75) is 17.5 Å². The maximum absolute atomic E-state index is 13.5. The van der Waals surface area contributed by atoms with E-state index in [0.717, 1.165) is 16.5 Å². The van der Waals surface area contributed by atoms with Crippen LogP contribution in [0.2, 0.25) is 5.02 Å².